The van der Waals surface area contributed by atoms with Crippen LogP contribution in [0.2, 0.25) is 0 Å². The lowest BCUT2D eigenvalue weighted by atomic mass is 10.1. The van der Waals surface area contributed by atoms with E-state index >= 15 is 0 Å². The number of carbonyl (C=O) groups is 2. The van der Waals surface area contributed by atoms with E-state index in [-0.39, 0.29) is 18.2 Å². The van der Waals surface area contributed by atoms with Gasteiger partial charge in [0, 0.05) is 12.6 Å². The summed E-state index contributed by atoms with van der Waals surface area (Å²) in [6.07, 6.45) is 0. The maximum Gasteiger partial charge on any atom is 0.356 e. The van der Waals surface area contributed by atoms with Gasteiger partial charge in [0.1, 0.15) is 5.75 Å². The number of fused-ring (bicyclic) bond motifs is 1. The van der Waals surface area contributed by atoms with Gasteiger partial charge in [-0.15, -0.1) is 0 Å². The monoisotopic (exact) mass is 273 g/mol. The quantitative estimate of drug-likeness (QED) is 0.855. The zero-order valence-corrected chi connectivity index (χ0v) is 10.6. The summed E-state index contributed by atoms with van der Waals surface area (Å²) in [4.78, 5) is 22.2. The summed E-state index contributed by atoms with van der Waals surface area (Å²) in [5.41, 5.74) is 1.93. The molecule has 1 aromatic heterocycles. The fourth-order valence-electron chi connectivity index (χ4n) is 2.08. The van der Waals surface area contributed by atoms with Crippen LogP contribution < -0.4 is 10.1 Å². The molecule has 0 saturated heterocycles. The van der Waals surface area contributed by atoms with Crippen LogP contribution in [0.5, 0.6) is 5.75 Å². The topological polar surface area (TPSA) is 93.5 Å². The Morgan fingerprint density at radius 3 is 2.95 bits per heavy atom. The molecule has 0 atom stereocenters. The van der Waals surface area contributed by atoms with Crippen LogP contribution in [-0.2, 0) is 11.8 Å². The molecule has 2 heterocycles. The number of ether oxygens (including phenoxy) is 1. The SMILES string of the molecule is Cn1nc(C(=O)O)cc1-c1ccc2c(c1)NC(=O)CO2. The van der Waals surface area contributed by atoms with Gasteiger partial charge >= 0.3 is 5.97 Å². The average molecular weight is 273 g/mol. The molecule has 1 amide bonds. The van der Waals surface area contributed by atoms with E-state index in [1.165, 1.54) is 10.7 Å². The Labute approximate surface area is 113 Å². The average Bonchev–Trinajstić information content (AvgIpc) is 2.80. The lowest BCUT2D eigenvalue weighted by Gasteiger charge is -2.18. The fraction of sp³-hybridized carbons (Fsp3) is 0.154. The van der Waals surface area contributed by atoms with Crippen LogP contribution in [0.1, 0.15) is 10.5 Å². The van der Waals surface area contributed by atoms with Gasteiger partial charge in [-0.3, -0.25) is 9.48 Å². The molecule has 2 N–H and O–H groups in total. The molecule has 0 aliphatic carbocycles. The largest absolute Gasteiger partial charge is 0.482 e. The van der Waals surface area contributed by atoms with Crippen molar-refractivity contribution in [3.8, 4) is 17.0 Å². The van der Waals surface area contributed by atoms with E-state index < -0.39 is 5.97 Å². The third kappa shape index (κ3) is 1.99. The summed E-state index contributed by atoms with van der Waals surface area (Å²) in [6.45, 7) is 0.00121. The number of hydrogen-bond acceptors (Lipinski definition) is 4. The van der Waals surface area contributed by atoms with Crippen molar-refractivity contribution in [3.63, 3.8) is 0 Å². The highest BCUT2D eigenvalue weighted by atomic mass is 16.5. The molecule has 0 unspecified atom stereocenters. The number of amides is 1. The molecule has 7 nitrogen and oxygen atoms in total. The molecular formula is C13H11N3O4. The van der Waals surface area contributed by atoms with Crippen LogP contribution in [-0.4, -0.2) is 33.4 Å². The first kappa shape index (κ1) is 12.2. The molecule has 0 fully saturated rings. The Kier molecular flexibility index (Phi) is 2.67. The summed E-state index contributed by atoms with van der Waals surface area (Å²) in [5, 5.41) is 15.6. The van der Waals surface area contributed by atoms with Crippen LogP contribution in [0.4, 0.5) is 5.69 Å². The number of nitrogens with zero attached hydrogens (tertiary/aromatic N) is 2. The first-order valence-electron chi connectivity index (χ1n) is 5.89. The van der Waals surface area contributed by atoms with Gasteiger partial charge in [0.25, 0.3) is 5.91 Å². The number of hydrogen-bond donors (Lipinski definition) is 2. The smallest absolute Gasteiger partial charge is 0.356 e. The van der Waals surface area contributed by atoms with Crippen LogP contribution in [0.25, 0.3) is 11.3 Å². The first-order valence-corrected chi connectivity index (χ1v) is 5.89. The summed E-state index contributed by atoms with van der Waals surface area (Å²) in [6, 6.07) is 6.74. The molecule has 3 rings (SSSR count). The van der Waals surface area contributed by atoms with Crippen LogP contribution in [0.15, 0.2) is 24.3 Å². The van der Waals surface area contributed by atoms with E-state index in [9.17, 15) is 9.59 Å². The number of benzene rings is 1. The van der Waals surface area contributed by atoms with Crippen molar-refractivity contribution in [1.82, 2.24) is 9.78 Å². The van der Waals surface area contributed by atoms with E-state index in [1.807, 2.05) is 0 Å². The highest BCUT2D eigenvalue weighted by Gasteiger charge is 2.18. The van der Waals surface area contributed by atoms with Gasteiger partial charge in [-0.05, 0) is 24.3 Å². The normalized spacial score (nSPS) is 13.3. The Morgan fingerprint density at radius 1 is 1.45 bits per heavy atom. The number of anilines is 1. The number of aryl methyl sites for hydroxylation is 1. The molecule has 0 radical (unpaired) electrons. The zero-order chi connectivity index (χ0) is 14.3. The number of aromatic carboxylic acids is 1. The number of carboxylic acids is 1. The number of carbonyl (C=O) groups excluding carboxylic acids is 1. The zero-order valence-electron chi connectivity index (χ0n) is 10.6. The fourth-order valence-corrected chi connectivity index (χ4v) is 2.08. The molecule has 0 spiro atoms. The van der Waals surface area contributed by atoms with Gasteiger partial charge in [0.15, 0.2) is 12.3 Å². The van der Waals surface area contributed by atoms with Gasteiger partial charge < -0.3 is 15.2 Å². The second-order valence-electron chi connectivity index (χ2n) is 4.39. The highest BCUT2D eigenvalue weighted by Crippen LogP contribution is 2.32. The van der Waals surface area contributed by atoms with Crippen LogP contribution in [0, 0.1) is 0 Å². The molecule has 0 bridgehead atoms. The third-order valence-electron chi connectivity index (χ3n) is 3.01. The van der Waals surface area contributed by atoms with Crippen molar-refractivity contribution in [1.29, 1.82) is 0 Å². The van der Waals surface area contributed by atoms with E-state index in [4.69, 9.17) is 9.84 Å². The molecule has 2 aromatic rings. The highest BCUT2D eigenvalue weighted by molar-refractivity contribution is 5.96. The minimum Gasteiger partial charge on any atom is -0.482 e. The van der Waals surface area contributed by atoms with Gasteiger partial charge in [0.2, 0.25) is 0 Å². The number of rotatable bonds is 2. The van der Waals surface area contributed by atoms with Crippen molar-refractivity contribution in [2.24, 2.45) is 7.05 Å². The predicted octanol–water partition coefficient (Wildman–Crippen LogP) is 1.12. The van der Waals surface area contributed by atoms with Gasteiger partial charge in [-0.1, -0.05) is 0 Å². The predicted molar refractivity (Wildman–Crippen MR) is 69.7 cm³/mol. The number of carboxylic acid groups (broad SMARTS) is 1. The molecule has 7 heteroatoms. The Bertz CT molecular complexity index is 720. The minimum atomic E-state index is -1.08. The van der Waals surface area contributed by atoms with Gasteiger partial charge in [-0.2, -0.15) is 5.10 Å². The Hall–Kier alpha value is -2.83. The van der Waals surface area contributed by atoms with Crippen molar-refractivity contribution in [2.45, 2.75) is 0 Å². The van der Waals surface area contributed by atoms with E-state index in [2.05, 4.69) is 10.4 Å². The summed E-state index contributed by atoms with van der Waals surface area (Å²) < 4.78 is 6.75. The second-order valence-corrected chi connectivity index (χ2v) is 4.39. The van der Waals surface area contributed by atoms with Crippen molar-refractivity contribution in [2.75, 3.05) is 11.9 Å². The number of aromatic nitrogens is 2. The lowest BCUT2D eigenvalue weighted by molar-refractivity contribution is -0.118. The summed E-state index contributed by atoms with van der Waals surface area (Å²) in [7, 11) is 1.66. The third-order valence-corrected chi connectivity index (χ3v) is 3.01. The number of nitrogens with one attached hydrogen (secondary N) is 1. The van der Waals surface area contributed by atoms with Gasteiger partial charge in [0.05, 0.1) is 11.4 Å². The molecule has 1 aliphatic rings. The molecule has 102 valence electrons. The lowest BCUT2D eigenvalue weighted by Crippen LogP contribution is -2.25. The molecule has 1 aliphatic heterocycles. The van der Waals surface area contributed by atoms with E-state index in [0.717, 1.165) is 5.56 Å². The second kappa shape index (κ2) is 4.37. The molecule has 1 aromatic carbocycles. The Balaban J connectivity index is 2.05. The van der Waals surface area contributed by atoms with Crippen molar-refractivity contribution >= 4 is 17.6 Å². The van der Waals surface area contributed by atoms with Gasteiger partial charge in [-0.25, -0.2) is 4.79 Å². The molecule has 0 saturated carbocycles. The van der Waals surface area contributed by atoms with Crippen molar-refractivity contribution < 1.29 is 19.4 Å². The summed E-state index contributed by atoms with van der Waals surface area (Å²) >= 11 is 0. The first-order chi connectivity index (χ1) is 9.54. The maximum atomic E-state index is 11.3. The van der Waals surface area contributed by atoms with Crippen LogP contribution in [0.3, 0.4) is 0 Å². The van der Waals surface area contributed by atoms with E-state index in [0.29, 0.717) is 17.1 Å². The van der Waals surface area contributed by atoms with Crippen LogP contribution >= 0.6 is 0 Å². The summed E-state index contributed by atoms with van der Waals surface area (Å²) in [5.74, 6) is -0.707. The molecule has 20 heavy (non-hydrogen) atoms. The standard InChI is InChI=1S/C13H11N3O4/c1-16-10(5-9(15-16)13(18)19)7-2-3-11-8(4-7)14-12(17)6-20-11/h2-5H,6H2,1H3,(H,14,17)(H,18,19). The minimum absolute atomic E-state index is 0.00121. The maximum absolute atomic E-state index is 11.3. The van der Waals surface area contributed by atoms with Crippen molar-refractivity contribution in [3.05, 3.63) is 30.0 Å². The Morgan fingerprint density at radius 2 is 2.25 bits per heavy atom. The molecular weight excluding hydrogens is 262 g/mol. The van der Waals surface area contributed by atoms with E-state index in [1.54, 1.807) is 25.2 Å².